The monoisotopic (exact) mass is 298 g/mol. The van der Waals surface area contributed by atoms with Gasteiger partial charge in [-0.05, 0) is 11.6 Å². The fourth-order valence-corrected chi connectivity index (χ4v) is 2.92. The predicted octanol–water partition coefficient (Wildman–Crippen LogP) is 0.927. The molecule has 2 unspecified atom stereocenters. The second kappa shape index (κ2) is 5.14. The zero-order valence-electron chi connectivity index (χ0n) is 12.5. The maximum absolute atomic E-state index is 11.8. The molecule has 2 aliphatic rings. The zero-order chi connectivity index (χ0) is 15.1. The van der Waals surface area contributed by atoms with Crippen LogP contribution in [0.5, 0.6) is 5.75 Å². The molecule has 2 atom stereocenters. The fourth-order valence-electron chi connectivity index (χ4n) is 2.92. The highest BCUT2D eigenvalue weighted by Gasteiger charge is 2.35. The molecule has 3 heterocycles. The number of benzene rings is 1. The van der Waals surface area contributed by atoms with Gasteiger partial charge in [-0.1, -0.05) is 12.1 Å². The van der Waals surface area contributed by atoms with Crippen LogP contribution in [0.1, 0.15) is 21.5 Å². The Bertz CT molecular complexity index is 725. The van der Waals surface area contributed by atoms with E-state index in [-0.39, 0.29) is 5.91 Å². The highest BCUT2D eigenvalue weighted by atomic mass is 16.5. The first-order valence-electron chi connectivity index (χ1n) is 7.45. The van der Waals surface area contributed by atoms with E-state index in [1.807, 2.05) is 42.3 Å². The average molecular weight is 298 g/mol. The first-order chi connectivity index (χ1) is 10.7. The number of aromatic nitrogens is 2. The van der Waals surface area contributed by atoms with Gasteiger partial charge in [-0.15, -0.1) is 0 Å². The lowest BCUT2D eigenvalue weighted by Gasteiger charge is -2.09. The second-order valence-corrected chi connectivity index (χ2v) is 5.89. The molecule has 1 fully saturated rings. The number of fused-ring (bicyclic) bond motifs is 1. The van der Waals surface area contributed by atoms with Crippen molar-refractivity contribution in [1.29, 1.82) is 0 Å². The van der Waals surface area contributed by atoms with Gasteiger partial charge in [-0.2, -0.15) is 5.10 Å². The van der Waals surface area contributed by atoms with Crippen molar-refractivity contribution in [2.75, 3.05) is 13.2 Å². The average Bonchev–Trinajstić information content (AvgIpc) is 2.92. The molecule has 6 heteroatoms. The minimum atomic E-state index is -0.0337. The molecule has 1 aromatic carbocycles. The third kappa shape index (κ3) is 2.46. The maximum Gasteiger partial charge on any atom is 0.255 e. The van der Waals surface area contributed by atoms with E-state index < -0.39 is 0 Å². The van der Waals surface area contributed by atoms with Gasteiger partial charge in [0, 0.05) is 38.4 Å². The molecule has 0 saturated carbocycles. The number of rotatable bonds is 5. The largest absolute Gasteiger partial charge is 0.491 e. The van der Waals surface area contributed by atoms with Gasteiger partial charge in [0.2, 0.25) is 0 Å². The summed E-state index contributed by atoms with van der Waals surface area (Å²) in [5, 5.41) is 7.01. The van der Waals surface area contributed by atoms with E-state index in [9.17, 15) is 4.79 Å². The van der Waals surface area contributed by atoms with Crippen molar-refractivity contribution in [3.05, 3.63) is 47.3 Å². The van der Waals surface area contributed by atoms with Crippen molar-refractivity contribution in [2.45, 2.75) is 19.1 Å². The van der Waals surface area contributed by atoms with E-state index in [0.29, 0.717) is 30.5 Å². The van der Waals surface area contributed by atoms with Gasteiger partial charge in [0.15, 0.2) is 0 Å². The topological polar surface area (TPSA) is 59.2 Å². The molecule has 2 aliphatic heterocycles. The van der Waals surface area contributed by atoms with Gasteiger partial charge < -0.3 is 10.1 Å². The summed E-state index contributed by atoms with van der Waals surface area (Å²) < 4.78 is 7.71. The van der Waals surface area contributed by atoms with Crippen molar-refractivity contribution in [2.24, 2.45) is 7.05 Å². The maximum atomic E-state index is 11.8. The smallest absolute Gasteiger partial charge is 0.255 e. The molecule has 1 saturated heterocycles. The van der Waals surface area contributed by atoms with Crippen LogP contribution in [-0.2, 0) is 20.1 Å². The Labute approximate surface area is 128 Å². The van der Waals surface area contributed by atoms with Gasteiger partial charge in [0.25, 0.3) is 5.91 Å². The van der Waals surface area contributed by atoms with Gasteiger partial charge in [0.05, 0.1) is 17.8 Å². The van der Waals surface area contributed by atoms with Crippen molar-refractivity contribution in [1.82, 2.24) is 20.0 Å². The Balaban J connectivity index is 1.35. The Morgan fingerprint density at radius 1 is 1.45 bits per heavy atom. The number of aryl methyl sites for hydroxylation is 1. The van der Waals surface area contributed by atoms with Crippen LogP contribution in [0, 0.1) is 0 Å². The fraction of sp³-hybridized carbons (Fsp3) is 0.375. The van der Waals surface area contributed by atoms with Crippen LogP contribution in [0.4, 0.5) is 0 Å². The van der Waals surface area contributed by atoms with Crippen LogP contribution >= 0.6 is 0 Å². The Morgan fingerprint density at radius 3 is 3.18 bits per heavy atom. The third-order valence-electron chi connectivity index (χ3n) is 4.18. The highest BCUT2D eigenvalue weighted by Crippen LogP contribution is 2.28. The SMILES string of the molecule is Cn1cc(CN2CC2COc2cccc3c2C(=O)NC3)cn1. The van der Waals surface area contributed by atoms with Crippen LogP contribution < -0.4 is 10.1 Å². The second-order valence-electron chi connectivity index (χ2n) is 5.89. The molecule has 0 spiro atoms. The summed E-state index contributed by atoms with van der Waals surface area (Å²) in [6, 6.07) is 6.19. The third-order valence-corrected chi connectivity index (χ3v) is 4.18. The lowest BCUT2D eigenvalue weighted by atomic mass is 10.1. The first kappa shape index (κ1) is 13.3. The van der Waals surface area contributed by atoms with Gasteiger partial charge in [-0.25, -0.2) is 0 Å². The molecule has 1 amide bonds. The van der Waals surface area contributed by atoms with Crippen molar-refractivity contribution in [3.63, 3.8) is 0 Å². The summed E-state index contributed by atoms with van der Waals surface area (Å²) in [4.78, 5) is 14.2. The molecule has 2 aromatic rings. The van der Waals surface area contributed by atoms with E-state index in [1.54, 1.807) is 0 Å². The molecule has 6 nitrogen and oxygen atoms in total. The van der Waals surface area contributed by atoms with Gasteiger partial charge in [-0.3, -0.25) is 14.4 Å². The number of carbonyl (C=O) groups is 1. The normalized spacial score (nSPS) is 22.3. The van der Waals surface area contributed by atoms with E-state index in [4.69, 9.17) is 4.74 Å². The summed E-state index contributed by atoms with van der Waals surface area (Å²) in [6.45, 7) is 3.14. The molecule has 22 heavy (non-hydrogen) atoms. The number of carbonyl (C=O) groups excluding carboxylic acids is 1. The summed E-state index contributed by atoms with van der Waals surface area (Å²) in [6.07, 6.45) is 3.93. The zero-order valence-corrected chi connectivity index (χ0v) is 12.5. The quantitative estimate of drug-likeness (QED) is 0.834. The summed E-state index contributed by atoms with van der Waals surface area (Å²) in [7, 11) is 1.92. The van der Waals surface area contributed by atoms with Crippen molar-refractivity contribution < 1.29 is 9.53 Å². The summed E-state index contributed by atoms with van der Waals surface area (Å²) in [5.74, 6) is 0.661. The summed E-state index contributed by atoms with van der Waals surface area (Å²) >= 11 is 0. The van der Waals surface area contributed by atoms with Crippen LogP contribution in [0.15, 0.2) is 30.6 Å². The number of ether oxygens (including phenoxy) is 1. The van der Waals surface area contributed by atoms with Crippen LogP contribution in [0.2, 0.25) is 0 Å². The Morgan fingerprint density at radius 2 is 2.36 bits per heavy atom. The number of hydrogen-bond acceptors (Lipinski definition) is 4. The minimum absolute atomic E-state index is 0.0337. The van der Waals surface area contributed by atoms with Crippen LogP contribution in [0.3, 0.4) is 0 Å². The van der Waals surface area contributed by atoms with Crippen molar-refractivity contribution in [3.8, 4) is 5.75 Å². The Hall–Kier alpha value is -2.34. The Kier molecular flexibility index (Phi) is 3.11. The van der Waals surface area contributed by atoms with E-state index >= 15 is 0 Å². The number of nitrogens with one attached hydrogen (secondary N) is 1. The number of amides is 1. The molecular weight excluding hydrogens is 280 g/mol. The minimum Gasteiger partial charge on any atom is -0.491 e. The lowest BCUT2D eigenvalue weighted by molar-refractivity contribution is 0.0962. The van der Waals surface area contributed by atoms with E-state index in [0.717, 1.165) is 18.7 Å². The molecule has 1 aromatic heterocycles. The molecule has 1 N–H and O–H groups in total. The molecule has 0 bridgehead atoms. The molecule has 0 radical (unpaired) electrons. The molecule has 114 valence electrons. The first-order valence-corrected chi connectivity index (χ1v) is 7.45. The molecule has 0 aliphatic carbocycles. The number of hydrogen-bond donors (Lipinski definition) is 1. The molecular formula is C16H18N4O2. The van der Waals surface area contributed by atoms with Gasteiger partial charge in [0.1, 0.15) is 12.4 Å². The lowest BCUT2D eigenvalue weighted by Crippen LogP contribution is -2.15. The molecule has 4 rings (SSSR count). The predicted molar refractivity (Wildman–Crippen MR) is 80.5 cm³/mol. The number of nitrogens with zero attached hydrogens (tertiary/aromatic N) is 3. The van der Waals surface area contributed by atoms with E-state index in [1.165, 1.54) is 5.56 Å². The standard InChI is InChI=1S/C16H18N4O2/c1-19-7-11(5-18-19)8-20-9-13(20)10-22-14-4-2-3-12-6-17-16(21)15(12)14/h2-5,7,13H,6,8-10H2,1H3,(H,17,21). The van der Waals surface area contributed by atoms with Gasteiger partial charge >= 0.3 is 0 Å². The van der Waals surface area contributed by atoms with E-state index in [2.05, 4.69) is 15.3 Å². The van der Waals surface area contributed by atoms with Crippen LogP contribution in [-0.4, -0.2) is 39.8 Å². The van der Waals surface area contributed by atoms with Crippen LogP contribution in [0.25, 0.3) is 0 Å². The van der Waals surface area contributed by atoms with Crippen molar-refractivity contribution >= 4 is 5.91 Å². The highest BCUT2D eigenvalue weighted by molar-refractivity contribution is 6.00. The summed E-state index contributed by atoms with van der Waals surface area (Å²) in [5.41, 5.74) is 2.93.